The number of aromatic nitrogens is 4. The van der Waals surface area contributed by atoms with Crippen LogP contribution in [0.1, 0.15) is 30.6 Å². The van der Waals surface area contributed by atoms with Crippen molar-refractivity contribution in [1.29, 1.82) is 0 Å². The van der Waals surface area contributed by atoms with E-state index in [1.165, 1.54) is 28.8 Å². The number of hydrogen-bond acceptors (Lipinski definition) is 9. The van der Waals surface area contributed by atoms with Crippen LogP contribution in [0.4, 0.5) is 21.6 Å². The molecule has 1 fully saturated rings. The predicted molar refractivity (Wildman–Crippen MR) is 158 cm³/mol. The van der Waals surface area contributed by atoms with Gasteiger partial charge < -0.3 is 15.8 Å². The van der Waals surface area contributed by atoms with Crippen LogP contribution in [0.5, 0.6) is 0 Å². The maximum Gasteiger partial charge on any atom is 0.280 e. The molecule has 0 saturated carbocycles. The van der Waals surface area contributed by atoms with E-state index in [0.29, 0.717) is 41.0 Å². The van der Waals surface area contributed by atoms with Gasteiger partial charge in [0, 0.05) is 28.1 Å². The molecule has 10 nitrogen and oxygen atoms in total. The molecule has 5 aromatic rings. The third kappa shape index (κ3) is 5.11. The lowest BCUT2D eigenvalue weighted by molar-refractivity contribution is 0.0211. The number of nitrogens with two attached hydrogens (primary N) is 1. The Labute approximate surface area is 240 Å². The summed E-state index contributed by atoms with van der Waals surface area (Å²) in [5.41, 5.74) is 10.3. The second-order valence-corrected chi connectivity index (χ2v) is 12.8. The Kier molecular flexibility index (Phi) is 6.88. The highest BCUT2D eigenvalue weighted by Crippen LogP contribution is 2.36. The molecule has 0 bridgehead atoms. The summed E-state index contributed by atoms with van der Waals surface area (Å²) in [6, 6.07) is 12.5. The van der Waals surface area contributed by atoms with Crippen LogP contribution in [0.25, 0.3) is 28.0 Å². The second kappa shape index (κ2) is 10.4. The van der Waals surface area contributed by atoms with Crippen molar-refractivity contribution in [2.24, 2.45) is 0 Å². The van der Waals surface area contributed by atoms with Gasteiger partial charge >= 0.3 is 0 Å². The smallest absolute Gasteiger partial charge is 0.280 e. The van der Waals surface area contributed by atoms with Gasteiger partial charge in [-0.05, 0) is 31.2 Å². The Morgan fingerprint density at radius 3 is 2.46 bits per heavy atom. The number of thiazole rings is 1. The van der Waals surface area contributed by atoms with Gasteiger partial charge in [-0.15, -0.1) is 11.3 Å². The first-order valence-electron chi connectivity index (χ1n) is 13.0. The number of nitrogens with zero attached hydrogens (tertiary/aromatic N) is 4. The minimum Gasteiger partial charge on any atom is -0.382 e. The van der Waals surface area contributed by atoms with Crippen LogP contribution in [-0.4, -0.2) is 47.0 Å². The summed E-state index contributed by atoms with van der Waals surface area (Å²) in [6.45, 7) is 7.12. The minimum atomic E-state index is -4.04. The van der Waals surface area contributed by atoms with Crippen molar-refractivity contribution in [3.63, 3.8) is 0 Å². The van der Waals surface area contributed by atoms with E-state index in [-0.39, 0.29) is 22.4 Å². The summed E-state index contributed by atoms with van der Waals surface area (Å²) in [6.07, 6.45) is 1.71. The van der Waals surface area contributed by atoms with Crippen LogP contribution in [0.3, 0.4) is 0 Å². The van der Waals surface area contributed by atoms with Gasteiger partial charge in [0.25, 0.3) is 10.0 Å². The third-order valence-electron chi connectivity index (χ3n) is 6.78. The van der Waals surface area contributed by atoms with Crippen molar-refractivity contribution in [2.45, 2.75) is 37.8 Å². The fraction of sp³-hybridized carbons (Fsp3) is 0.250. The Balaban J connectivity index is 1.40. The van der Waals surface area contributed by atoms with Gasteiger partial charge in [-0.1, -0.05) is 32.0 Å². The van der Waals surface area contributed by atoms with E-state index < -0.39 is 15.8 Å². The normalized spacial score (nSPS) is 14.0. The number of halogens is 1. The molecule has 1 aliphatic rings. The summed E-state index contributed by atoms with van der Waals surface area (Å²) in [5, 5.41) is 5.28. The van der Waals surface area contributed by atoms with E-state index in [1.54, 1.807) is 19.2 Å². The van der Waals surface area contributed by atoms with Gasteiger partial charge in [0.1, 0.15) is 28.7 Å². The van der Waals surface area contributed by atoms with Gasteiger partial charge in [0.2, 0.25) is 0 Å². The van der Waals surface area contributed by atoms with E-state index in [2.05, 4.69) is 20.0 Å². The lowest BCUT2D eigenvalue weighted by atomic mass is 10.1. The number of aryl methyl sites for hydroxylation is 1. The van der Waals surface area contributed by atoms with Crippen molar-refractivity contribution < 1.29 is 17.5 Å². The summed E-state index contributed by atoms with van der Waals surface area (Å²) in [5.74, 6) is 0.231. The molecule has 0 radical (unpaired) electrons. The van der Waals surface area contributed by atoms with Crippen molar-refractivity contribution in [1.82, 2.24) is 19.4 Å². The Morgan fingerprint density at radius 1 is 1.12 bits per heavy atom. The van der Waals surface area contributed by atoms with Crippen molar-refractivity contribution in [2.75, 3.05) is 29.0 Å². The van der Waals surface area contributed by atoms with Gasteiger partial charge in [-0.3, -0.25) is 9.12 Å². The van der Waals surface area contributed by atoms with E-state index in [1.807, 2.05) is 42.5 Å². The molecule has 0 amide bonds. The van der Waals surface area contributed by atoms with E-state index in [4.69, 9.17) is 15.5 Å². The first-order valence-corrected chi connectivity index (χ1v) is 15.3. The quantitative estimate of drug-likeness (QED) is 0.221. The van der Waals surface area contributed by atoms with Crippen LogP contribution in [0, 0.1) is 12.7 Å². The molecule has 13 heteroatoms. The Hall–Kier alpha value is -4.07. The minimum absolute atomic E-state index is 0.00820. The molecular formula is C28H28FN7O3S2. The van der Waals surface area contributed by atoms with Gasteiger partial charge in [0.05, 0.1) is 41.8 Å². The highest BCUT2D eigenvalue weighted by Gasteiger charge is 2.24. The second-order valence-electron chi connectivity index (χ2n) is 10.1. The van der Waals surface area contributed by atoms with E-state index in [0.717, 1.165) is 22.8 Å². The zero-order valence-corrected chi connectivity index (χ0v) is 24.2. The predicted octanol–water partition coefficient (Wildman–Crippen LogP) is 5.28. The average molecular weight is 594 g/mol. The third-order valence-corrected chi connectivity index (χ3v) is 8.95. The lowest BCUT2D eigenvalue weighted by Crippen LogP contribution is -2.40. The number of nitrogen functional groups attached to an aromatic ring is 1. The van der Waals surface area contributed by atoms with Crippen LogP contribution < -0.4 is 15.8 Å². The van der Waals surface area contributed by atoms with Crippen molar-refractivity contribution in [3.8, 4) is 22.5 Å². The molecule has 0 atom stereocenters. The lowest BCUT2D eigenvalue weighted by Gasteiger charge is -2.27. The average Bonchev–Trinajstić information content (AvgIpc) is 3.54. The molecule has 1 saturated heterocycles. The molecule has 1 aliphatic heterocycles. The van der Waals surface area contributed by atoms with Crippen molar-refractivity contribution in [3.05, 3.63) is 70.7 Å². The first kappa shape index (κ1) is 27.1. The fourth-order valence-corrected chi connectivity index (χ4v) is 6.66. The van der Waals surface area contributed by atoms with Crippen LogP contribution in [0.15, 0.2) is 59.1 Å². The standard InChI is InChI=1S/C28H28FN7O3S2/c1-15(2)28-34-25(18-6-9-22(21(29)10-18)35-41(37,38)24-14-40-16(3)32-24)26-27(30)31-11-23(36(26)28)17-4-7-19(8-5-17)33-20-12-39-13-20/h4-11,14-15,20,33,35H,12-13H2,1-3H3,(H2,30,31). The van der Waals surface area contributed by atoms with Gasteiger partial charge in [0.15, 0.2) is 5.03 Å². The SMILES string of the molecule is Cc1nc(S(=O)(=O)Nc2ccc(-c3nc(C(C)C)n4c(-c5ccc(NC6COC6)cc5)cnc(N)c34)cc2F)cs1. The summed E-state index contributed by atoms with van der Waals surface area (Å²) in [4.78, 5) is 13.3. The maximum atomic E-state index is 15.3. The maximum absolute atomic E-state index is 15.3. The Bertz CT molecular complexity index is 1860. The number of anilines is 3. The molecule has 212 valence electrons. The molecule has 2 aromatic carbocycles. The molecular weight excluding hydrogens is 565 g/mol. The highest BCUT2D eigenvalue weighted by atomic mass is 32.2. The molecule has 4 N–H and O–H groups in total. The summed E-state index contributed by atoms with van der Waals surface area (Å²) >= 11 is 1.20. The monoisotopic (exact) mass is 593 g/mol. The molecule has 41 heavy (non-hydrogen) atoms. The van der Waals surface area contributed by atoms with E-state index in [9.17, 15) is 8.42 Å². The highest BCUT2D eigenvalue weighted by molar-refractivity contribution is 7.92. The zero-order valence-electron chi connectivity index (χ0n) is 22.6. The molecule has 6 rings (SSSR count). The number of ether oxygens (including phenoxy) is 1. The van der Waals surface area contributed by atoms with E-state index >= 15 is 4.39 Å². The van der Waals surface area contributed by atoms with Gasteiger partial charge in [-0.2, -0.15) is 8.42 Å². The fourth-order valence-electron chi connectivity index (χ4n) is 4.66. The first-order chi connectivity index (χ1) is 19.6. The van der Waals surface area contributed by atoms with Crippen molar-refractivity contribution >= 4 is 44.1 Å². The molecule has 0 spiro atoms. The number of rotatable bonds is 8. The number of fused-ring (bicyclic) bond motifs is 1. The Morgan fingerprint density at radius 2 is 1.85 bits per heavy atom. The topological polar surface area (TPSA) is 137 Å². The molecule has 0 unspecified atom stereocenters. The number of hydrogen-bond donors (Lipinski definition) is 3. The van der Waals surface area contributed by atoms with Crippen LogP contribution in [0.2, 0.25) is 0 Å². The number of benzene rings is 2. The number of imidazole rings is 1. The molecule has 0 aliphatic carbocycles. The molecule has 4 heterocycles. The summed E-state index contributed by atoms with van der Waals surface area (Å²) in [7, 11) is -4.04. The zero-order chi connectivity index (χ0) is 28.9. The van der Waals surface area contributed by atoms with Crippen LogP contribution in [-0.2, 0) is 14.8 Å². The van der Waals surface area contributed by atoms with Gasteiger partial charge in [-0.25, -0.2) is 19.3 Å². The number of nitrogens with one attached hydrogen (secondary N) is 2. The van der Waals surface area contributed by atoms with Crippen LogP contribution >= 0.6 is 11.3 Å². The number of sulfonamides is 1. The summed E-state index contributed by atoms with van der Waals surface area (Å²) < 4.78 is 50.2. The largest absolute Gasteiger partial charge is 0.382 e. The molecule has 3 aromatic heterocycles.